The minimum absolute atomic E-state index is 0.0318. The molecule has 0 spiro atoms. The lowest BCUT2D eigenvalue weighted by molar-refractivity contribution is 0.0126. The summed E-state index contributed by atoms with van der Waals surface area (Å²) in [4.78, 5) is 21.1. The van der Waals surface area contributed by atoms with E-state index in [9.17, 15) is 30.8 Å². The molecular weight excluding hydrogens is 504 g/mol. The van der Waals surface area contributed by atoms with Crippen LogP contribution >= 0.6 is 0 Å². The molecule has 1 N–H and O–H groups in total. The zero-order chi connectivity index (χ0) is 26.3. The van der Waals surface area contributed by atoms with Gasteiger partial charge in [-0.3, -0.25) is 4.79 Å². The lowest BCUT2D eigenvalue weighted by Crippen LogP contribution is -2.23. The predicted octanol–water partition coefficient (Wildman–Crippen LogP) is 4.27. The molecule has 4 rings (SSSR count). The number of halogens is 4. The molecule has 1 fully saturated rings. The number of sulfone groups is 1. The van der Waals surface area contributed by atoms with E-state index in [1.165, 1.54) is 24.3 Å². The van der Waals surface area contributed by atoms with Gasteiger partial charge in [-0.1, -0.05) is 6.07 Å². The Morgan fingerprint density at radius 3 is 2.56 bits per heavy atom. The van der Waals surface area contributed by atoms with E-state index in [4.69, 9.17) is 4.74 Å². The average Bonchev–Trinajstić information content (AvgIpc) is 3.12. The second kappa shape index (κ2) is 9.68. The highest BCUT2D eigenvalue weighted by Crippen LogP contribution is 2.35. The molecule has 1 aliphatic heterocycles. The van der Waals surface area contributed by atoms with Crippen LogP contribution in [0.4, 0.5) is 23.2 Å². The van der Waals surface area contributed by atoms with Crippen molar-refractivity contribution in [1.82, 2.24) is 14.5 Å². The molecule has 1 amide bonds. The van der Waals surface area contributed by atoms with Gasteiger partial charge in [0.15, 0.2) is 0 Å². The molecule has 0 aliphatic carbocycles. The van der Waals surface area contributed by atoms with Crippen LogP contribution in [0.25, 0.3) is 11.0 Å². The Hall–Kier alpha value is -3.22. The molecule has 0 saturated carbocycles. The Labute approximate surface area is 204 Å². The fourth-order valence-electron chi connectivity index (χ4n) is 4.11. The molecule has 1 aliphatic rings. The predicted molar refractivity (Wildman–Crippen MR) is 125 cm³/mol. The smallest absolute Gasteiger partial charge is 0.287 e. The maximum absolute atomic E-state index is 13.7. The minimum Gasteiger partial charge on any atom is -0.485 e. The fraction of sp³-hybridized carbons (Fsp3) is 0.435. The van der Waals surface area contributed by atoms with Gasteiger partial charge in [0.25, 0.3) is 18.3 Å². The summed E-state index contributed by atoms with van der Waals surface area (Å²) in [5.41, 5.74) is 0.104. The number of rotatable bonds is 7. The maximum atomic E-state index is 13.7. The summed E-state index contributed by atoms with van der Waals surface area (Å²) in [6.45, 7) is -0.284. The van der Waals surface area contributed by atoms with E-state index in [2.05, 4.69) is 15.3 Å². The van der Waals surface area contributed by atoms with Gasteiger partial charge in [0, 0.05) is 26.0 Å². The number of anilines is 1. The largest absolute Gasteiger partial charge is 0.485 e. The molecule has 0 radical (unpaired) electrons. The van der Waals surface area contributed by atoms with Crippen molar-refractivity contribution in [3.8, 4) is 5.75 Å². The first-order valence-electron chi connectivity index (χ1n) is 11.1. The molecule has 194 valence electrons. The molecular formula is C23H24F4N4O4S. The molecule has 36 heavy (non-hydrogen) atoms. The number of nitrogens with one attached hydrogen (secondary N) is 1. The van der Waals surface area contributed by atoms with Gasteiger partial charge in [0.05, 0.1) is 28.2 Å². The Morgan fingerprint density at radius 2 is 1.92 bits per heavy atom. The lowest BCUT2D eigenvalue weighted by Gasteiger charge is -2.21. The summed E-state index contributed by atoms with van der Waals surface area (Å²) < 4.78 is 83.6. The van der Waals surface area contributed by atoms with Gasteiger partial charge < -0.3 is 14.6 Å². The van der Waals surface area contributed by atoms with Gasteiger partial charge in [0.2, 0.25) is 0 Å². The van der Waals surface area contributed by atoms with Crippen LogP contribution in [0.3, 0.4) is 0 Å². The number of aromatic nitrogens is 3. The van der Waals surface area contributed by atoms with Crippen molar-refractivity contribution < 1.29 is 35.5 Å². The van der Waals surface area contributed by atoms with Crippen LogP contribution in [0.1, 0.15) is 47.7 Å². The van der Waals surface area contributed by atoms with Crippen LogP contribution in [0.15, 0.2) is 30.3 Å². The van der Waals surface area contributed by atoms with Crippen LogP contribution in [0.5, 0.6) is 5.75 Å². The quantitative estimate of drug-likeness (QED) is 0.460. The Morgan fingerprint density at radius 1 is 1.22 bits per heavy atom. The van der Waals surface area contributed by atoms with E-state index in [-0.39, 0.29) is 34.6 Å². The molecule has 1 saturated heterocycles. The van der Waals surface area contributed by atoms with Gasteiger partial charge >= 0.3 is 0 Å². The van der Waals surface area contributed by atoms with Crippen LogP contribution in [-0.2, 0) is 22.8 Å². The number of hydrogen-bond donors (Lipinski definition) is 1. The van der Waals surface area contributed by atoms with Gasteiger partial charge in [-0.05, 0) is 31.0 Å². The number of alkyl halides is 4. The summed E-state index contributed by atoms with van der Waals surface area (Å²) in [6.07, 6.45) is -1.97. The fourth-order valence-corrected chi connectivity index (χ4v) is 5.60. The van der Waals surface area contributed by atoms with E-state index in [0.29, 0.717) is 36.6 Å². The van der Waals surface area contributed by atoms with Crippen molar-refractivity contribution in [2.45, 2.75) is 38.0 Å². The second-order valence-corrected chi connectivity index (χ2v) is 11.0. The monoisotopic (exact) mass is 528 g/mol. The number of imidazole rings is 1. The van der Waals surface area contributed by atoms with Crippen molar-refractivity contribution in [1.29, 1.82) is 0 Å². The first-order valence-corrected chi connectivity index (χ1v) is 12.9. The van der Waals surface area contributed by atoms with Crippen LogP contribution < -0.4 is 10.1 Å². The molecule has 0 atom stereocenters. The highest BCUT2D eigenvalue weighted by atomic mass is 32.2. The van der Waals surface area contributed by atoms with Crippen molar-refractivity contribution in [3.63, 3.8) is 0 Å². The first kappa shape index (κ1) is 25.9. The van der Waals surface area contributed by atoms with Gasteiger partial charge in [-0.2, -0.15) is 8.78 Å². The molecule has 0 bridgehead atoms. The van der Waals surface area contributed by atoms with Crippen LogP contribution in [-0.4, -0.2) is 53.4 Å². The number of amides is 1. The van der Waals surface area contributed by atoms with Crippen LogP contribution in [0, 0.1) is 0 Å². The standard InChI is InChI=1S/C23H24F4N4O4S/c1-23(26,27)19-5-3-4-14(28-19)22(32)30-16-10-17-15(11-18(16)35-12-20(24)25)29-21(31(17)2)13-6-8-36(33,34)9-7-13/h3-5,10-11,13,20H,6-9,12H2,1-2H3,(H,30,32). The number of benzene rings is 1. The average molecular weight is 529 g/mol. The van der Waals surface area contributed by atoms with Crippen molar-refractivity contribution in [3.05, 3.63) is 47.5 Å². The highest BCUT2D eigenvalue weighted by Gasteiger charge is 2.29. The molecule has 3 heterocycles. The summed E-state index contributed by atoms with van der Waals surface area (Å²) in [5.74, 6) is -3.56. The number of fused-ring (bicyclic) bond motifs is 1. The topological polar surface area (TPSA) is 103 Å². The van der Waals surface area contributed by atoms with Crippen molar-refractivity contribution in [2.75, 3.05) is 23.4 Å². The summed E-state index contributed by atoms with van der Waals surface area (Å²) in [7, 11) is -1.35. The zero-order valence-corrected chi connectivity index (χ0v) is 20.3. The first-order chi connectivity index (χ1) is 16.8. The van der Waals surface area contributed by atoms with Gasteiger partial charge in [-0.15, -0.1) is 0 Å². The van der Waals surface area contributed by atoms with E-state index in [1.54, 1.807) is 11.6 Å². The summed E-state index contributed by atoms with van der Waals surface area (Å²) >= 11 is 0. The third kappa shape index (κ3) is 5.61. The maximum Gasteiger partial charge on any atom is 0.287 e. The van der Waals surface area contributed by atoms with Gasteiger partial charge in [0.1, 0.15) is 39.4 Å². The van der Waals surface area contributed by atoms with Crippen LogP contribution in [0.2, 0.25) is 0 Å². The molecule has 3 aromatic rings. The second-order valence-electron chi connectivity index (χ2n) is 8.74. The summed E-state index contributed by atoms with van der Waals surface area (Å²) in [6, 6.07) is 6.50. The summed E-state index contributed by atoms with van der Waals surface area (Å²) in [5, 5.41) is 2.51. The van der Waals surface area contributed by atoms with E-state index in [1.807, 2.05) is 0 Å². The Kier molecular flexibility index (Phi) is 6.95. The van der Waals surface area contributed by atoms with E-state index >= 15 is 0 Å². The minimum atomic E-state index is -3.26. The number of aryl methyl sites for hydroxylation is 1. The number of carbonyl (C=O) groups excluding carboxylic acids is 1. The number of carbonyl (C=O) groups is 1. The number of ether oxygens (including phenoxy) is 1. The lowest BCUT2D eigenvalue weighted by atomic mass is 10.0. The van der Waals surface area contributed by atoms with Crippen molar-refractivity contribution >= 4 is 32.5 Å². The number of pyridine rings is 1. The third-order valence-corrected chi connectivity index (χ3v) is 7.70. The SMILES string of the molecule is Cn1c(C2CCS(=O)(=O)CC2)nc2cc(OCC(F)F)c(NC(=O)c3cccc(C(C)(F)F)n3)cc21. The van der Waals surface area contributed by atoms with Crippen molar-refractivity contribution in [2.24, 2.45) is 7.05 Å². The zero-order valence-electron chi connectivity index (χ0n) is 19.5. The number of nitrogens with zero attached hydrogens (tertiary/aromatic N) is 3. The molecule has 8 nitrogen and oxygen atoms in total. The highest BCUT2D eigenvalue weighted by molar-refractivity contribution is 7.91. The Bertz CT molecular complexity index is 1390. The molecule has 0 unspecified atom stereocenters. The molecule has 13 heteroatoms. The molecule has 1 aromatic carbocycles. The van der Waals surface area contributed by atoms with E-state index < -0.39 is 40.4 Å². The van der Waals surface area contributed by atoms with E-state index in [0.717, 1.165) is 6.07 Å². The third-order valence-electron chi connectivity index (χ3n) is 5.98. The Balaban J connectivity index is 1.69. The normalized spacial score (nSPS) is 16.4. The van der Waals surface area contributed by atoms with Gasteiger partial charge in [-0.25, -0.2) is 27.2 Å². The number of hydrogen-bond acceptors (Lipinski definition) is 6. The molecule has 2 aromatic heterocycles.